The Kier molecular flexibility index (Phi) is 6.42. The van der Waals surface area contributed by atoms with Gasteiger partial charge in [-0.1, -0.05) is 17.8 Å². The number of amides is 1. The third kappa shape index (κ3) is 4.92. The average molecular weight is 561 g/mol. The van der Waals surface area contributed by atoms with E-state index in [4.69, 9.17) is 14.5 Å². The number of anilines is 2. The number of fused-ring (bicyclic) bond motifs is 3. The van der Waals surface area contributed by atoms with Gasteiger partial charge in [-0.3, -0.25) is 9.78 Å². The van der Waals surface area contributed by atoms with Crippen LogP contribution in [0.5, 0.6) is 11.5 Å². The number of ether oxygens (including phenoxy) is 2. The van der Waals surface area contributed by atoms with Gasteiger partial charge in [0.2, 0.25) is 0 Å². The van der Waals surface area contributed by atoms with Crippen LogP contribution in [0.15, 0.2) is 59.8 Å². The third-order valence-corrected chi connectivity index (χ3v) is 8.40. The first-order chi connectivity index (χ1) is 19.5. The van der Waals surface area contributed by atoms with Crippen molar-refractivity contribution >= 4 is 39.9 Å². The Balaban J connectivity index is 1.09. The first kappa shape index (κ1) is 25.1. The molecular formula is C30H26F2N4O3S. The topological polar surface area (TPSA) is 76.6 Å². The van der Waals surface area contributed by atoms with Crippen LogP contribution in [0.25, 0.3) is 10.8 Å². The number of carbonyl (C=O) groups is 1. The number of thioether (sulfide) groups is 1. The van der Waals surface area contributed by atoms with Crippen LogP contribution in [0, 0.1) is 5.82 Å². The van der Waals surface area contributed by atoms with Crippen LogP contribution in [0.2, 0.25) is 0 Å². The van der Waals surface area contributed by atoms with E-state index in [0.29, 0.717) is 24.8 Å². The van der Waals surface area contributed by atoms with Crippen molar-refractivity contribution < 1.29 is 23.0 Å². The molecule has 10 heteroatoms. The van der Waals surface area contributed by atoms with Crippen molar-refractivity contribution in [2.75, 3.05) is 24.7 Å². The SMILES string of the molecule is O=C(NCc1cc2cc(N3CCOc4cc(C5CC5)cnc43)ccc2cn1)c1cc(F)c2c(c1)SC(F)CCO2. The van der Waals surface area contributed by atoms with Crippen LogP contribution in [0.4, 0.5) is 20.3 Å². The van der Waals surface area contributed by atoms with Gasteiger partial charge >= 0.3 is 0 Å². The highest BCUT2D eigenvalue weighted by Gasteiger charge is 2.28. The third-order valence-electron chi connectivity index (χ3n) is 7.35. The number of hydrogen-bond donors (Lipinski definition) is 1. The van der Waals surface area contributed by atoms with E-state index in [0.717, 1.165) is 45.9 Å². The molecular weight excluding hydrogens is 534 g/mol. The number of benzene rings is 2. The maximum Gasteiger partial charge on any atom is 0.251 e. The Hall–Kier alpha value is -3.92. The van der Waals surface area contributed by atoms with E-state index in [1.54, 1.807) is 6.20 Å². The number of hydrogen-bond acceptors (Lipinski definition) is 7. The summed E-state index contributed by atoms with van der Waals surface area (Å²) in [7, 11) is 0. The molecule has 1 unspecified atom stereocenters. The molecule has 0 saturated heterocycles. The molecule has 2 aromatic carbocycles. The van der Waals surface area contributed by atoms with Crippen LogP contribution >= 0.6 is 11.8 Å². The second-order valence-electron chi connectivity index (χ2n) is 10.2. The maximum atomic E-state index is 14.6. The largest absolute Gasteiger partial charge is 0.489 e. The minimum absolute atomic E-state index is 0.00449. The molecule has 2 aliphatic heterocycles. The van der Waals surface area contributed by atoms with Crippen molar-refractivity contribution in [1.29, 1.82) is 0 Å². The highest BCUT2D eigenvalue weighted by atomic mass is 32.2. The molecule has 0 spiro atoms. The molecule has 1 fully saturated rings. The summed E-state index contributed by atoms with van der Waals surface area (Å²) in [5, 5.41) is 4.74. The highest BCUT2D eigenvalue weighted by Crippen LogP contribution is 2.44. The lowest BCUT2D eigenvalue weighted by Gasteiger charge is -2.30. The quantitative estimate of drug-likeness (QED) is 0.308. The number of nitrogens with one attached hydrogen (secondary N) is 1. The van der Waals surface area contributed by atoms with Crippen LogP contribution in [0.3, 0.4) is 0 Å². The first-order valence-electron chi connectivity index (χ1n) is 13.4. The molecule has 4 aromatic rings. The highest BCUT2D eigenvalue weighted by molar-refractivity contribution is 7.99. The van der Waals surface area contributed by atoms with Gasteiger partial charge in [-0.2, -0.15) is 0 Å². The summed E-state index contributed by atoms with van der Waals surface area (Å²) < 4.78 is 39.9. The smallest absolute Gasteiger partial charge is 0.251 e. The summed E-state index contributed by atoms with van der Waals surface area (Å²) in [4.78, 5) is 24.5. The number of rotatable bonds is 5. The van der Waals surface area contributed by atoms with Gasteiger partial charge in [-0.25, -0.2) is 13.8 Å². The van der Waals surface area contributed by atoms with Gasteiger partial charge in [0.1, 0.15) is 6.61 Å². The molecule has 40 heavy (non-hydrogen) atoms. The lowest BCUT2D eigenvalue weighted by Crippen LogP contribution is -2.29. The van der Waals surface area contributed by atoms with Crippen molar-refractivity contribution in [2.24, 2.45) is 0 Å². The fourth-order valence-electron chi connectivity index (χ4n) is 5.09. The molecule has 1 aliphatic carbocycles. The Morgan fingerprint density at radius 3 is 2.80 bits per heavy atom. The standard InChI is InChI=1S/C30H26F2N4O3S/c31-24-11-20(13-26-28(24)39-7-5-27(32)40-26)30(37)35-16-22-9-19-10-23(4-3-18(19)14-33-22)36-6-8-38-25-12-21(17-1-2-17)15-34-29(25)36/h3-4,9-15,17,27H,1-2,5-8,16H2,(H,35,37). The minimum atomic E-state index is -1.22. The van der Waals surface area contributed by atoms with Crippen molar-refractivity contribution in [3.8, 4) is 11.5 Å². The molecule has 1 N–H and O–H groups in total. The Morgan fingerprint density at radius 1 is 1.02 bits per heavy atom. The summed E-state index contributed by atoms with van der Waals surface area (Å²) in [5.74, 6) is 1.08. The van der Waals surface area contributed by atoms with E-state index < -0.39 is 17.2 Å². The summed E-state index contributed by atoms with van der Waals surface area (Å²) in [6.45, 7) is 1.51. The van der Waals surface area contributed by atoms with Crippen molar-refractivity contribution in [3.05, 3.63) is 77.5 Å². The van der Waals surface area contributed by atoms with E-state index in [9.17, 15) is 13.6 Å². The molecule has 3 aliphatic rings. The van der Waals surface area contributed by atoms with Crippen LogP contribution in [-0.2, 0) is 6.54 Å². The van der Waals surface area contributed by atoms with E-state index in [2.05, 4.69) is 27.3 Å². The molecule has 4 heterocycles. The monoisotopic (exact) mass is 560 g/mol. The summed E-state index contributed by atoms with van der Waals surface area (Å²) in [5.41, 5.74) is 1.78. The van der Waals surface area contributed by atoms with Crippen LogP contribution in [-0.4, -0.2) is 41.1 Å². The predicted molar refractivity (Wildman–Crippen MR) is 149 cm³/mol. The van der Waals surface area contributed by atoms with Gasteiger partial charge in [0.25, 0.3) is 5.91 Å². The molecule has 0 radical (unpaired) electrons. The number of carbonyl (C=O) groups excluding carboxylic acids is 1. The summed E-state index contributed by atoms with van der Waals surface area (Å²) in [6.07, 6.45) is 6.31. The van der Waals surface area contributed by atoms with Gasteiger partial charge in [0.05, 0.1) is 30.3 Å². The number of alkyl halides is 1. The fourth-order valence-corrected chi connectivity index (χ4v) is 6.04. The number of nitrogens with zero attached hydrogens (tertiary/aromatic N) is 3. The molecule has 7 rings (SSSR count). The minimum Gasteiger partial charge on any atom is -0.489 e. The summed E-state index contributed by atoms with van der Waals surface area (Å²) in [6, 6.07) is 12.8. The Bertz CT molecular complexity index is 1630. The fraction of sp³-hybridized carbons (Fsp3) is 0.300. The van der Waals surface area contributed by atoms with Crippen LogP contribution < -0.4 is 19.7 Å². The van der Waals surface area contributed by atoms with E-state index in [1.165, 1.54) is 24.5 Å². The van der Waals surface area contributed by atoms with Crippen molar-refractivity contribution in [3.63, 3.8) is 0 Å². The lowest BCUT2D eigenvalue weighted by molar-refractivity contribution is 0.0949. The molecule has 0 bridgehead atoms. The number of pyridine rings is 2. The average Bonchev–Trinajstić information content (AvgIpc) is 3.83. The first-order valence-corrected chi connectivity index (χ1v) is 14.2. The van der Waals surface area contributed by atoms with E-state index in [1.807, 2.05) is 24.4 Å². The second kappa shape index (κ2) is 10.2. The van der Waals surface area contributed by atoms with Gasteiger partial charge in [-0.05, 0) is 66.1 Å². The zero-order valence-electron chi connectivity index (χ0n) is 21.5. The van der Waals surface area contributed by atoms with Gasteiger partial charge in [0.15, 0.2) is 28.6 Å². The molecule has 2 aromatic heterocycles. The maximum absolute atomic E-state index is 14.6. The van der Waals surface area contributed by atoms with Crippen molar-refractivity contribution in [1.82, 2.24) is 15.3 Å². The van der Waals surface area contributed by atoms with E-state index in [-0.39, 0.29) is 35.8 Å². The molecule has 204 valence electrons. The number of halogens is 2. The second-order valence-corrected chi connectivity index (χ2v) is 11.4. The zero-order chi connectivity index (χ0) is 27.2. The summed E-state index contributed by atoms with van der Waals surface area (Å²) >= 11 is 0.867. The molecule has 1 amide bonds. The predicted octanol–water partition coefficient (Wildman–Crippen LogP) is 6.28. The Labute approximate surface area is 233 Å². The molecule has 1 atom stereocenters. The number of aromatic nitrogens is 2. The van der Waals surface area contributed by atoms with Crippen LogP contribution in [0.1, 0.15) is 46.8 Å². The van der Waals surface area contributed by atoms with E-state index >= 15 is 0 Å². The zero-order valence-corrected chi connectivity index (χ0v) is 22.3. The molecule has 1 saturated carbocycles. The van der Waals surface area contributed by atoms with Crippen molar-refractivity contribution in [2.45, 2.75) is 42.1 Å². The molecule has 7 nitrogen and oxygen atoms in total. The van der Waals surface area contributed by atoms with Gasteiger partial charge < -0.3 is 19.7 Å². The van der Waals surface area contributed by atoms with Gasteiger partial charge in [0, 0.05) is 35.5 Å². The van der Waals surface area contributed by atoms with Gasteiger partial charge in [-0.15, -0.1) is 0 Å². The lowest BCUT2D eigenvalue weighted by atomic mass is 10.1. The Morgan fingerprint density at radius 2 is 1.93 bits per heavy atom. The normalized spacial score (nSPS) is 18.2.